The molecule has 1 amide bonds. The maximum absolute atomic E-state index is 13.3. The first-order valence-electron chi connectivity index (χ1n) is 5.17. The standard InChI is InChI=1S/C12H12FNO4/c1-2-18-12(17)14-9-4-5-10(13)8(7-9)3-6-11(15)16/h3-7H,2H2,1H3,(H,14,17)(H,15,16)/b6-3+. The summed E-state index contributed by atoms with van der Waals surface area (Å²) in [6.45, 7) is 1.88. The summed E-state index contributed by atoms with van der Waals surface area (Å²) in [6.07, 6.45) is 1.26. The van der Waals surface area contributed by atoms with E-state index in [1.165, 1.54) is 12.1 Å². The van der Waals surface area contributed by atoms with Crippen LogP contribution in [0.4, 0.5) is 14.9 Å². The van der Waals surface area contributed by atoms with Crippen molar-refractivity contribution in [1.82, 2.24) is 0 Å². The van der Waals surface area contributed by atoms with E-state index in [9.17, 15) is 14.0 Å². The van der Waals surface area contributed by atoms with Crippen LogP contribution in [0.1, 0.15) is 12.5 Å². The number of hydrogen-bond donors (Lipinski definition) is 2. The molecule has 18 heavy (non-hydrogen) atoms. The molecule has 0 aliphatic heterocycles. The Labute approximate surface area is 103 Å². The molecular formula is C12H12FNO4. The minimum Gasteiger partial charge on any atom is -0.478 e. The highest BCUT2D eigenvalue weighted by molar-refractivity contribution is 5.87. The molecule has 0 saturated heterocycles. The molecule has 5 nitrogen and oxygen atoms in total. The molecule has 0 aliphatic rings. The molecule has 0 saturated carbocycles. The van der Waals surface area contributed by atoms with Crippen LogP contribution in [0, 0.1) is 5.82 Å². The largest absolute Gasteiger partial charge is 0.478 e. The van der Waals surface area contributed by atoms with Gasteiger partial charge in [0.1, 0.15) is 5.82 Å². The van der Waals surface area contributed by atoms with Gasteiger partial charge in [-0.2, -0.15) is 0 Å². The number of carboxylic acid groups (broad SMARTS) is 1. The molecule has 0 radical (unpaired) electrons. The fourth-order valence-electron chi connectivity index (χ4n) is 1.20. The highest BCUT2D eigenvalue weighted by Gasteiger charge is 2.05. The van der Waals surface area contributed by atoms with Crippen LogP contribution in [-0.4, -0.2) is 23.8 Å². The second-order valence-corrected chi connectivity index (χ2v) is 3.25. The van der Waals surface area contributed by atoms with E-state index in [0.717, 1.165) is 18.2 Å². The van der Waals surface area contributed by atoms with Gasteiger partial charge in [0.15, 0.2) is 0 Å². The molecule has 0 bridgehead atoms. The molecule has 0 unspecified atom stereocenters. The van der Waals surface area contributed by atoms with E-state index in [2.05, 4.69) is 10.1 Å². The van der Waals surface area contributed by atoms with Crippen molar-refractivity contribution < 1.29 is 23.8 Å². The second-order valence-electron chi connectivity index (χ2n) is 3.25. The SMILES string of the molecule is CCOC(=O)Nc1ccc(F)c(/C=C/C(=O)O)c1. The van der Waals surface area contributed by atoms with Crippen LogP contribution in [0.5, 0.6) is 0 Å². The Morgan fingerprint density at radius 1 is 1.50 bits per heavy atom. The molecule has 0 atom stereocenters. The zero-order valence-corrected chi connectivity index (χ0v) is 9.64. The smallest absolute Gasteiger partial charge is 0.411 e. The molecule has 96 valence electrons. The molecule has 1 rings (SSSR count). The molecule has 2 N–H and O–H groups in total. The van der Waals surface area contributed by atoms with E-state index in [0.29, 0.717) is 5.69 Å². The number of anilines is 1. The molecule has 0 aliphatic carbocycles. The maximum Gasteiger partial charge on any atom is 0.411 e. The number of ether oxygens (including phenoxy) is 1. The lowest BCUT2D eigenvalue weighted by Gasteiger charge is -2.06. The van der Waals surface area contributed by atoms with Crippen LogP contribution in [0.15, 0.2) is 24.3 Å². The quantitative estimate of drug-likeness (QED) is 0.808. The van der Waals surface area contributed by atoms with Gasteiger partial charge in [-0.3, -0.25) is 5.32 Å². The Hall–Kier alpha value is -2.37. The Kier molecular flexibility index (Phi) is 4.86. The fraction of sp³-hybridized carbons (Fsp3) is 0.167. The Morgan fingerprint density at radius 2 is 2.22 bits per heavy atom. The van der Waals surface area contributed by atoms with Gasteiger partial charge in [-0.15, -0.1) is 0 Å². The number of nitrogens with one attached hydrogen (secondary N) is 1. The van der Waals surface area contributed by atoms with Crippen LogP contribution in [0.25, 0.3) is 6.08 Å². The van der Waals surface area contributed by atoms with Gasteiger partial charge >= 0.3 is 12.1 Å². The van der Waals surface area contributed by atoms with Gasteiger partial charge in [-0.1, -0.05) is 0 Å². The Morgan fingerprint density at radius 3 is 2.83 bits per heavy atom. The summed E-state index contributed by atoms with van der Waals surface area (Å²) in [4.78, 5) is 21.5. The van der Waals surface area contributed by atoms with E-state index in [1.807, 2.05) is 0 Å². The fourth-order valence-corrected chi connectivity index (χ4v) is 1.20. The van der Waals surface area contributed by atoms with Crippen LogP contribution < -0.4 is 5.32 Å². The number of rotatable bonds is 4. The lowest BCUT2D eigenvalue weighted by Crippen LogP contribution is -2.13. The second kappa shape index (κ2) is 6.39. The minimum atomic E-state index is -1.18. The number of hydrogen-bond acceptors (Lipinski definition) is 3. The van der Waals surface area contributed by atoms with E-state index in [1.54, 1.807) is 6.92 Å². The van der Waals surface area contributed by atoms with Crippen molar-refractivity contribution in [3.63, 3.8) is 0 Å². The summed E-state index contributed by atoms with van der Waals surface area (Å²) in [7, 11) is 0. The van der Waals surface area contributed by atoms with Gasteiger partial charge < -0.3 is 9.84 Å². The third-order valence-corrected chi connectivity index (χ3v) is 1.92. The maximum atomic E-state index is 13.3. The van der Waals surface area contributed by atoms with Gasteiger partial charge in [0.25, 0.3) is 0 Å². The zero-order valence-electron chi connectivity index (χ0n) is 9.64. The molecule has 0 spiro atoms. The molecule has 0 fully saturated rings. The number of amides is 1. The normalized spacial score (nSPS) is 10.3. The number of benzene rings is 1. The minimum absolute atomic E-state index is 0.0618. The lowest BCUT2D eigenvalue weighted by atomic mass is 10.1. The van der Waals surface area contributed by atoms with Crippen molar-refractivity contribution in [2.45, 2.75) is 6.92 Å². The summed E-state index contributed by atoms with van der Waals surface area (Å²) in [6, 6.07) is 3.79. The first kappa shape index (κ1) is 13.7. The summed E-state index contributed by atoms with van der Waals surface area (Å²) in [5.74, 6) is -1.76. The number of carbonyl (C=O) groups is 2. The van der Waals surface area contributed by atoms with Crippen LogP contribution >= 0.6 is 0 Å². The summed E-state index contributed by atoms with van der Waals surface area (Å²) in [5, 5.41) is 10.8. The van der Waals surface area contributed by atoms with E-state index < -0.39 is 17.9 Å². The molecule has 6 heteroatoms. The number of carbonyl (C=O) groups excluding carboxylic acids is 1. The Balaban J connectivity index is 2.86. The molecule has 0 aromatic heterocycles. The monoisotopic (exact) mass is 253 g/mol. The van der Waals surface area contributed by atoms with Crippen molar-refractivity contribution in [2.75, 3.05) is 11.9 Å². The zero-order chi connectivity index (χ0) is 13.5. The van der Waals surface area contributed by atoms with Crippen LogP contribution in [0.3, 0.4) is 0 Å². The molecular weight excluding hydrogens is 241 g/mol. The van der Waals surface area contributed by atoms with Crippen LogP contribution in [-0.2, 0) is 9.53 Å². The number of halogens is 1. The lowest BCUT2D eigenvalue weighted by molar-refractivity contribution is -0.131. The van der Waals surface area contributed by atoms with Crippen molar-refractivity contribution >= 4 is 23.8 Å². The number of aliphatic carboxylic acids is 1. The van der Waals surface area contributed by atoms with Crippen molar-refractivity contribution in [1.29, 1.82) is 0 Å². The highest BCUT2D eigenvalue weighted by Crippen LogP contribution is 2.16. The summed E-state index contributed by atoms with van der Waals surface area (Å²) < 4.78 is 18.0. The third-order valence-electron chi connectivity index (χ3n) is 1.92. The van der Waals surface area contributed by atoms with Crippen LogP contribution in [0.2, 0.25) is 0 Å². The predicted molar refractivity (Wildman–Crippen MR) is 63.7 cm³/mol. The summed E-state index contributed by atoms with van der Waals surface area (Å²) >= 11 is 0. The highest BCUT2D eigenvalue weighted by atomic mass is 19.1. The predicted octanol–water partition coefficient (Wildman–Crippen LogP) is 2.49. The molecule has 1 aromatic carbocycles. The average molecular weight is 253 g/mol. The van der Waals surface area contributed by atoms with Gasteiger partial charge in [0.2, 0.25) is 0 Å². The molecule has 1 aromatic rings. The van der Waals surface area contributed by atoms with Gasteiger partial charge in [-0.25, -0.2) is 14.0 Å². The van der Waals surface area contributed by atoms with E-state index in [-0.39, 0.29) is 12.2 Å². The Bertz CT molecular complexity index is 485. The van der Waals surface area contributed by atoms with E-state index in [4.69, 9.17) is 5.11 Å². The van der Waals surface area contributed by atoms with Crippen molar-refractivity contribution in [3.8, 4) is 0 Å². The van der Waals surface area contributed by atoms with Gasteiger partial charge in [0, 0.05) is 17.3 Å². The number of carboxylic acids is 1. The van der Waals surface area contributed by atoms with Crippen molar-refractivity contribution in [2.24, 2.45) is 0 Å². The topological polar surface area (TPSA) is 75.6 Å². The average Bonchev–Trinajstić information content (AvgIpc) is 2.30. The summed E-state index contributed by atoms with van der Waals surface area (Å²) in [5.41, 5.74) is 0.381. The third kappa shape index (κ3) is 4.25. The first-order chi connectivity index (χ1) is 8.52. The van der Waals surface area contributed by atoms with Crippen molar-refractivity contribution in [3.05, 3.63) is 35.7 Å². The van der Waals surface area contributed by atoms with Gasteiger partial charge in [-0.05, 0) is 31.2 Å². The molecule has 0 heterocycles. The van der Waals surface area contributed by atoms with E-state index >= 15 is 0 Å². The van der Waals surface area contributed by atoms with Gasteiger partial charge in [0.05, 0.1) is 6.61 Å². The first-order valence-corrected chi connectivity index (χ1v) is 5.17.